The molecule has 0 aromatic carbocycles. The molecule has 4 aliphatic rings. The van der Waals surface area contributed by atoms with E-state index in [1.165, 1.54) is 12.7 Å². The molecular formula is C24H28ClN7O3S. The second-order valence-electron chi connectivity index (χ2n) is 10.0. The van der Waals surface area contributed by atoms with Gasteiger partial charge in [0.1, 0.15) is 10.7 Å². The maximum Gasteiger partial charge on any atom is 0.406 e. The summed E-state index contributed by atoms with van der Waals surface area (Å²) in [4.78, 5) is 33.2. The first-order valence-electron chi connectivity index (χ1n) is 12.3. The molecule has 2 aliphatic heterocycles. The third-order valence-electron chi connectivity index (χ3n) is 7.71. The first kappa shape index (κ1) is 23.6. The van der Waals surface area contributed by atoms with Crippen molar-refractivity contribution in [3.05, 3.63) is 35.0 Å². The average molecular weight is 530 g/mol. The minimum absolute atomic E-state index is 0.321. The van der Waals surface area contributed by atoms with Crippen LogP contribution in [-0.2, 0) is 22.0 Å². The van der Waals surface area contributed by atoms with Gasteiger partial charge in [-0.1, -0.05) is 17.7 Å². The number of methoxy groups -OCH3 is 1. The number of alkyl carbamates (subject to hydrolysis) is 1. The number of hydrogen-bond acceptors (Lipinski definition) is 9. The zero-order valence-corrected chi connectivity index (χ0v) is 21.6. The number of rotatable bonds is 6. The number of amides is 1. The lowest BCUT2D eigenvalue weighted by atomic mass is 9.76. The molecule has 0 bridgehead atoms. The predicted molar refractivity (Wildman–Crippen MR) is 136 cm³/mol. The van der Waals surface area contributed by atoms with E-state index in [-0.39, 0.29) is 5.54 Å². The average Bonchev–Trinajstić information content (AvgIpc) is 3.54. The highest BCUT2D eigenvalue weighted by Crippen LogP contribution is 2.42. The van der Waals surface area contributed by atoms with Gasteiger partial charge in [0.15, 0.2) is 5.82 Å². The molecule has 0 spiro atoms. The molecule has 0 unspecified atom stereocenters. The molecule has 4 heterocycles. The first-order chi connectivity index (χ1) is 17.4. The van der Waals surface area contributed by atoms with Gasteiger partial charge in [-0.25, -0.2) is 19.7 Å². The Morgan fingerprint density at radius 1 is 1.28 bits per heavy atom. The fourth-order valence-electron chi connectivity index (χ4n) is 5.64. The van der Waals surface area contributed by atoms with Crippen molar-refractivity contribution in [2.24, 2.45) is 11.8 Å². The highest BCUT2D eigenvalue weighted by Gasteiger charge is 2.42. The van der Waals surface area contributed by atoms with Crippen molar-refractivity contribution in [2.45, 2.75) is 42.5 Å². The summed E-state index contributed by atoms with van der Waals surface area (Å²) < 4.78 is 17.6. The van der Waals surface area contributed by atoms with Crippen LogP contribution in [0.15, 0.2) is 23.4 Å². The number of hydrogen-bond donors (Lipinski definition) is 2. The van der Waals surface area contributed by atoms with Crippen molar-refractivity contribution in [1.82, 2.24) is 25.3 Å². The van der Waals surface area contributed by atoms with E-state index >= 15 is 0 Å². The fraction of sp³-hybridized carbons (Fsp3) is 0.542. The molecule has 2 N–H and O–H groups in total. The monoisotopic (exact) mass is 529 g/mol. The first-order valence-corrected chi connectivity index (χ1v) is 14.0. The normalized spacial score (nSPS) is 25.6. The van der Waals surface area contributed by atoms with E-state index in [4.69, 9.17) is 26.3 Å². The van der Waals surface area contributed by atoms with Gasteiger partial charge >= 0.3 is 6.09 Å². The van der Waals surface area contributed by atoms with Crippen LogP contribution in [0.4, 0.5) is 16.6 Å². The largest absolute Gasteiger partial charge is 0.453 e. The standard InChI is InChI=1S/C24H28ClN7O3S/c1-35-23(33)28-13-24(4-2-5-24)31-21-19-18(3-6-36(19)34)29-22(30-21)32-11-15-7-14(8-16(15)12-32)20-26-9-17(25)10-27-20/h7,9-10,15-16H,2-6,8,11-13H2,1H3,(H,28,33)(H,29,30,31)/t15-,16+,36+/m0/s1. The van der Waals surface area contributed by atoms with Crippen molar-refractivity contribution >= 4 is 45.8 Å². The van der Waals surface area contributed by atoms with Gasteiger partial charge < -0.3 is 20.3 Å². The summed E-state index contributed by atoms with van der Waals surface area (Å²) in [5, 5.41) is 6.92. The van der Waals surface area contributed by atoms with E-state index in [2.05, 4.69) is 31.6 Å². The molecule has 3 atom stereocenters. The molecule has 2 aromatic rings. The van der Waals surface area contributed by atoms with Crippen LogP contribution >= 0.6 is 11.6 Å². The van der Waals surface area contributed by atoms with E-state index in [0.717, 1.165) is 50.3 Å². The molecular weight excluding hydrogens is 502 g/mol. The number of halogens is 1. The van der Waals surface area contributed by atoms with Crippen LogP contribution in [0.3, 0.4) is 0 Å². The lowest BCUT2D eigenvalue weighted by molar-refractivity contribution is 0.163. The van der Waals surface area contributed by atoms with Crippen molar-refractivity contribution in [3.63, 3.8) is 0 Å². The summed E-state index contributed by atoms with van der Waals surface area (Å²) in [6.07, 6.45) is 9.52. The summed E-state index contributed by atoms with van der Waals surface area (Å²) in [6.45, 7) is 2.08. The molecule has 36 heavy (non-hydrogen) atoms. The van der Waals surface area contributed by atoms with Gasteiger partial charge in [-0.3, -0.25) is 4.21 Å². The van der Waals surface area contributed by atoms with E-state index in [9.17, 15) is 9.00 Å². The number of fused-ring (bicyclic) bond motifs is 2. The number of nitrogens with one attached hydrogen (secondary N) is 2. The SMILES string of the molecule is COC(=O)NCC1(Nc2nc(N3C[C@H]4CC(c5ncc(Cl)cn5)=C[C@H]4C3)nc3c2[S@](=O)CC3)CCC1. The molecule has 190 valence electrons. The van der Waals surface area contributed by atoms with Crippen LogP contribution in [0.25, 0.3) is 5.57 Å². The Morgan fingerprint density at radius 2 is 2.08 bits per heavy atom. The third kappa shape index (κ3) is 4.32. The Balaban J connectivity index is 1.23. The zero-order valence-electron chi connectivity index (χ0n) is 20.0. The van der Waals surface area contributed by atoms with Gasteiger partial charge in [0.25, 0.3) is 0 Å². The number of aryl methyl sites for hydroxylation is 1. The van der Waals surface area contributed by atoms with Crippen molar-refractivity contribution < 1.29 is 13.7 Å². The van der Waals surface area contributed by atoms with Crippen LogP contribution in [0, 0.1) is 11.8 Å². The molecule has 1 amide bonds. The lowest BCUT2D eigenvalue weighted by Gasteiger charge is -2.43. The minimum Gasteiger partial charge on any atom is -0.453 e. The van der Waals surface area contributed by atoms with Crippen molar-refractivity contribution in [3.8, 4) is 0 Å². The summed E-state index contributed by atoms with van der Waals surface area (Å²) >= 11 is 5.94. The van der Waals surface area contributed by atoms with Crippen LogP contribution in [0.1, 0.15) is 37.2 Å². The van der Waals surface area contributed by atoms with Crippen LogP contribution in [0.2, 0.25) is 5.02 Å². The zero-order chi connectivity index (χ0) is 24.9. The molecule has 10 nitrogen and oxygen atoms in total. The Labute approximate surface area is 216 Å². The molecule has 6 rings (SSSR count). The lowest BCUT2D eigenvalue weighted by Crippen LogP contribution is -2.54. The quantitative estimate of drug-likeness (QED) is 0.581. The van der Waals surface area contributed by atoms with Crippen LogP contribution in [0.5, 0.6) is 0 Å². The van der Waals surface area contributed by atoms with E-state index in [1.807, 2.05) is 0 Å². The van der Waals surface area contributed by atoms with E-state index < -0.39 is 16.9 Å². The molecule has 1 saturated heterocycles. The van der Waals surface area contributed by atoms with Gasteiger partial charge in [-0.2, -0.15) is 4.98 Å². The number of allylic oxidation sites excluding steroid dienone is 1. The second-order valence-corrected chi connectivity index (χ2v) is 11.9. The van der Waals surface area contributed by atoms with Crippen molar-refractivity contribution in [2.75, 3.05) is 42.7 Å². The molecule has 1 saturated carbocycles. The molecule has 12 heteroatoms. The number of carbonyl (C=O) groups is 1. The van der Waals surface area contributed by atoms with Crippen molar-refractivity contribution in [1.29, 1.82) is 0 Å². The Kier molecular flexibility index (Phi) is 6.07. The van der Waals surface area contributed by atoms with E-state index in [1.54, 1.807) is 12.4 Å². The smallest absolute Gasteiger partial charge is 0.406 e. The summed E-state index contributed by atoms with van der Waals surface area (Å²) in [5.74, 6) is 3.45. The highest BCUT2D eigenvalue weighted by molar-refractivity contribution is 7.85. The fourth-order valence-corrected chi connectivity index (χ4v) is 7.05. The Hall–Kier alpha value is -2.79. The second kappa shape index (κ2) is 9.26. The van der Waals surface area contributed by atoms with Crippen LogP contribution < -0.4 is 15.5 Å². The molecule has 2 aromatic heterocycles. The topological polar surface area (TPSA) is 122 Å². The van der Waals surface area contributed by atoms with Gasteiger partial charge in [0.05, 0.1) is 34.2 Å². The number of ether oxygens (including phenoxy) is 1. The van der Waals surface area contributed by atoms with Gasteiger partial charge in [-0.05, 0) is 43.1 Å². The predicted octanol–water partition coefficient (Wildman–Crippen LogP) is 2.81. The van der Waals surface area contributed by atoms with Gasteiger partial charge in [0, 0.05) is 44.2 Å². The third-order valence-corrected chi connectivity index (χ3v) is 9.36. The Bertz CT molecular complexity index is 1250. The molecule has 2 aliphatic carbocycles. The van der Waals surface area contributed by atoms with Crippen LogP contribution in [-0.4, -0.2) is 68.3 Å². The van der Waals surface area contributed by atoms with Gasteiger partial charge in [0.2, 0.25) is 5.95 Å². The number of carbonyl (C=O) groups excluding carboxylic acids is 1. The maximum absolute atomic E-state index is 12.8. The summed E-state index contributed by atoms with van der Waals surface area (Å²) in [5.41, 5.74) is 1.70. The Morgan fingerprint density at radius 3 is 2.78 bits per heavy atom. The van der Waals surface area contributed by atoms with Gasteiger partial charge in [-0.15, -0.1) is 0 Å². The maximum atomic E-state index is 12.8. The minimum atomic E-state index is -1.13. The number of aromatic nitrogens is 4. The number of nitrogens with zero attached hydrogens (tertiary/aromatic N) is 5. The molecule has 2 fully saturated rings. The summed E-state index contributed by atoms with van der Waals surface area (Å²) in [6, 6.07) is 0. The summed E-state index contributed by atoms with van der Waals surface area (Å²) in [7, 11) is 0.227. The number of anilines is 2. The van der Waals surface area contributed by atoms with E-state index in [0.29, 0.717) is 52.2 Å². The highest BCUT2D eigenvalue weighted by atomic mass is 35.5. The molecule has 0 radical (unpaired) electrons.